The van der Waals surface area contributed by atoms with Gasteiger partial charge >= 0.3 is 6.61 Å². The lowest BCUT2D eigenvalue weighted by molar-refractivity contribution is -0.139. The third-order valence-corrected chi connectivity index (χ3v) is 3.53. The van der Waals surface area contributed by atoms with Gasteiger partial charge in [0, 0.05) is 6.04 Å². The first kappa shape index (κ1) is 13.8. The zero-order chi connectivity index (χ0) is 15.0. The number of para-hydroxylation sites is 2. The first-order valence-electron chi connectivity index (χ1n) is 6.72. The molecule has 1 aliphatic carbocycles. The number of carbonyl (C=O) groups excluding carboxylic acids is 2. The SMILES string of the molecule is O=C1CC(Nc2ccccc2OC(F)F)C(=O)N1C1CC1. The second kappa shape index (κ2) is 5.31. The molecule has 2 fully saturated rings. The van der Waals surface area contributed by atoms with Crippen molar-refractivity contribution in [2.24, 2.45) is 0 Å². The Bertz CT molecular complexity index is 575. The van der Waals surface area contributed by atoms with E-state index in [4.69, 9.17) is 0 Å². The van der Waals surface area contributed by atoms with Crippen molar-refractivity contribution in [3.63, 3.8) is 0 Å². The molecule has 1 saturated carbocycles. The number of alkyl halides is 2. The van der Waals surface area contributed by atoms with Crippen LogP contribution in [0.1, 0.15) is 19.3 Å². The van der Waals surface area contributed by atoms with Crippen LogP contribution in [0.5, 0.6) is 5.75 Å². The number of nitrogens with zero attached hydrogens (tertiary/aromatic N) is 1. The van der Waals surface area contributed by atoms with Gasteiger partial charge in [0.1, 0.15) is 11.8 Å². The highest BCUT2D eigenvalue weighted by molar-refractivity contribution is 6.07. The van der Waals surface area contributed by atoms with E-state index in [0.717, 1.165) is 12.8 Å². The minimum Gasteiger partial charge on any atom is -0.433 e. The van der Waals surface area contributed by atoms with Gasteiger partial charge in [-0.05, 0) is 25.0 Å². The summed E-state index contributed by atoms with van der Waals surface area (Å²) in [5, 5.41) is 2.84. The van der Waals surface area contributed by atoms with Crippen LogP contribution in [0.2, 0.25) is 0 Å². The van der Waals surface area contributed by atoms with Gasteiger partial charge < -0.3 is 10.1 Å². The highest BCUT2D eigenvalue weighted by atomic mass is 19.3. The number of benzene rings is 1. The van der Waals surface area contributed by atoms with Crippen LogP contribution >= 0.6 is 0 Å². The molecule has 1 atom stereocenters. The van der Waals surface area contributed by atoms with Crippen LogP contribution in [0.25, 0.3) is 0 Å². The number of carbonyl (C=O) groups is 2. The molecule has 0 spiro atoms. The van der Waals surface area contributed by atoms with Gasteiger partial charge in [0.15, 0.2) is 0 Å². The zero-order valence-electron chi connectivity index (χ0n) is 11.1. The predicted molar refractivity (Wildman–Crippen MR) is 70.0 cm³/mol. The van der Waals surface area contributed by atoms with Crippen LogP contribution in [0.15, 0.2) is 24.3 Å². The molecule has 1 aromatic rings. The topological polar surface area (TPSA) is 58.6 Å². The minimum absolute atomic E-state index is 0.0179. The molecule has 112 valence electrons. The summed E-state index contributed by atoms with van der Waals surface area (Å²) in [6.45, 7) is -2.95. The molecule has 2 amide bonds. The molecule has 21 heavy (non-hydrogen) atoms. The number of amides is 2. The molecule has 3 rings (SSSR count). The quantitative estimate of drug-likeness (QED) is 0.844. The summed E-state index contributed by atoms with van der Waals surface area (Å²) < 4.78 is 29.1. The van der Waals surface area contributed by atoms with Gasteiger partial charge in [-0.25, -0.2) is 0 Å². The van der Waals surface area contributed by atoms with E-state index in [1.165, 1.54) is 17.0 Å². The monoisotopic (exact) mass is 296 g/mol. The van der Waals surface area contributed by atoms with Crippen LogP contribution < -0.4 is 10.1 Å². The fraction of sp³-hybridized carbons (Fsp3) is 0.429. The number of nitrogens with one attached hydrogen (secondary N) is 1. The molecule has 5 nitrogen and oxygen atoms in total. The van der Waals surface area contributed by atoms with Gasteiger partial charge in [0.05, 0.1) is 12.1 Å². The van der Waals surface area contributed by atoms with E-state index in [-0.39, 0.29) is 35.7 Å². The summed E-state index contributed by atoms with van der Waals surface area (Å²) >= 11 is 0. The first-order chi connectivity index (χ1) is 10.1. The smallest absolute Gasteiger partial charge is 0.387 e. The van der Waals surface area contributed by atoms with E-state index in [1.54, 1.807) is 12.1 Å². The van der Waals surface area contributed by atoms with Gasteiger partial charge in [0.25, 0.3) is 5.91 Å². The molecule has 7 heteroatoms. The van der Waals surface area contributed by atoms with E-state index < -0.39 is 12.7 Å². The van der Waals surface area contributed by atoms with Crippen molar-refractivity contribution in [1.82, 2.24) is 4.90 Å². The Morgan fingerprint density at radius 1 is 1.24 bits per heavy atom. The van der Waals surface area contributed by atoms with Crippen molar-refractivity contribution < 1.29 is 23.1 Å². The summed E-state index contributed by atoms with van der Waals surface area (Å²) in [5.41, 5.74) is 0.279. The molecule has 2 aliphatic rings. The Balaban J connectivity index is 1.75. The second-order valence-corrected chi connectivity index (χ2v) is 5.11. The zero-order valence-corrected chi connectivity index (χ0v) is 11.1. The van der Waals surface area contributed by atoms with Crippen LogP contribution in [-0.2, 0) is 9.59 Å². The summed E-state index contributed by atoms with van der Waals surface area (Å²) in [7, 11) is 0. The Morgan fingerprint density at radius 3 is 2.62 bits per heavy atom. The predicted octanol–water partition coefficient (Wildman–Crippen LogP) is 1.99. The number of anilines is 1. The number of rotatable bonds is 5. The third-order valence-electron chi connectivity index (χ3n) is 3.53. The van der Waals surface area contributed by atoms with Gasteiger partial charge in [-0.15, -0.1) is 0 Å². The Labute approximate surface area is 119 Å². The Morgan fingerprint density at radius 2 is 1.95 bits per heavy atom. The standard InChI is InChI=1S/C14H14F2N2O3/c15-14(16)21-11-4-2-1-3-9(11)17-10-7-12(19)18(13(10)20)8-5-6-8/h1-4,8,10,14,17H,5-7H2. The minimum atomic E-state index is -2.95. The average Bonchev–Trinajstić information content (AvgIpc) is 3.20. The van der Waals surface area contributed by atoms with Crippen LogP contribution in [0.4, 0.5) is 14.5 Å². The maximum absolute atomic E-state index is 12.3. The highest BCUT2D eigenvalue weighted by Gasteiger charge is 2.46. The summed E-state index contributed by atoms with van der Waals surface area (Å²) in [6, 6.07) is 5.41. The lowest BCUT2D eigenvalue weighted by atomic mass is 10.2. The molecule has 1 unspecified atom stereocenters. The van der Waals surface area contributed by atoms with E-state index >= 15 is 0 Å². The largest absolute Gasteiger partial charge is 0.433 e. The third kappa shape index (κ3) is 2.81. The molecule has 1 aliphatic heterocycles. The first-order valence-corrected chi connectivity index (χ1v) is 6.72. The summed E-state index contributed by atoms with van der Waals surface area (Å²) in [4.78, 5) is 25.3. The molecule has 0 aromatic heterocycles. The average molecular weight is 296 g/mol. The number of hydrogen-bond donors (Lipinski definition) is 1. The van der Waals surface area contributed by atoms with Crippen molar-refractivity contribution in [2.45, 2.75) is 38.0 Å². The van der Waals surface area contributed by atoms with Crippen molar-refractivity contribution in [1.29, 1.82) is 0 Å². The molecule has 0 bridgehead atoms. The normalized spacial score (nSPS) is 22.0. The van der Waals surface area contributed by atoms with Gasteiger partial charge in [0.2, 0.25) is 5.91 Å². The number of imide groups is 1. The van der Waals surface area contributed by atoms with Crippen LogP contribution in [0, 0.1) is 0 Å². The van der Waals surface area contributed by atoms with E-state index in [1.807, 2.05) is 0 Å². The molecule has 1 heterocycles. The summed E-state index contributed by atoms with van der Waals surface area (Å²) in [5.74, 6) is -0.556. The fourth-order valence-corrected chi connectivity index (χ4v) is 2.45. The molecule has 1 N–H and O–H groups in total. The lowest BCUT2D eigenvalue weighted by Crippen LogP contribution is -2.36. The van der Waals surface area contributed by atoms with E-state index in [2.05, 4.69) is 10.1 Å². The number of likely N-dealkylation sites (tertiary alicyclic amines) is 1. The number of ether oxygens (including phenoxy) is 1. The molecular formula is C14H14F2N2O3. The van der Waals surface area contributed by atoms with Crippen molar-refractivity contribution >= 4 is 17.5 Å². The molecule has 0 radical (unpaired) electrons. The van der Waals surface area contributed by atoms with Crippen LogP contribution in [-0.4, -0.2) is 35.4 Å². The van der Waals surface area contributed by atoms with E-state index in [9.17, 15) is 18.4 Å². The Hall–Kier alpha value is -2.18. The lowest BCUT2D eigenvalue weighted by Gasteiger charge is -2.17. The summed E-state index contributed by atoms with van der Waals surface area (Å²) in [6.07, 6.45) is 1.73. The van der Waals surface area contributed by atoms with Crippen LogP contribution in [0.3, 0.4) is 0 Å². The second-order valence-electron chi connectivity index (χ2n) is 5.11. The molecule has 1 aromatic carbocycles. The maximum atomic E-state index is 12.3. The van der Waals surface area contributed by atoms with Crippen molar-refractivity contribution in [2.75, 3.05) is 5.32 Å². The Kier molecular flexibility index (Phi) is 3.48. The highest BCUT2D eigenvalue weighted by Crippen LogP contribution is 2.33. The van der Waals surface area contributed by atoms with Gasteiger partial charge in [-0.3, -0.25) is 14.5 Å². The molecule has 1 saturated heterocycles. The van der Waals surface area contributed by atoms with Gasteiger partial charge in [-0.1, -0.05) is 12.1 Å². The van der Waals surface area contributed by atoms with Gasteiger partial charge in [-0.2, -0.15) is 8.78 Å². The van der Waals surface area contributed by atoms with Crippen molar-refractivity contribution in [3.8, 4) is 5.75 Å². The fourth-order valence-electron chi connectivity index (χ4n) is 2.45. The number of halogens is 2. The van der Waals surface area contributed by atoms with Crippen molar-refractivity contribution in [3.05, 3.63) is 24.3 Å². The molecular weight excluding hydrogens is 282 g/mol. The number of hydrogen-bond acceptors (Lipinski definition) is 4. The maximum Gasteiger partial charge on any atom is 0.387 e. The van der Waals surface area contributed by atoms with E-state index in [0.29, 0.717) is 0 Å².